The van der Waals surface area contributed by atoms with Gasteiger partial charge in [0.2, 0.25) is 0 Å². The molecular formula is C33H34BNO4. The summed E-state index contributed by atoms with van der Waals surface area (Å²) in [4.78, 5) is 26.6. The summed E-state index contributed by atoms with van der Waals surface area (Å²) < 4.78 is 6.12. The highest BCUT2D eigenvalue weighted by molar-refractivity contribution is 6.14. The number of unbranched alkanes of at least 4 members (excludes halogenated alkanes) is 2. The molecule has 1 amide bonds. The summed E-state index contributed by atoms with van der Waals surface area (Å²) in [6.45, 7) is 0.524. The third kappa shape index (κ3) is 6.34. The van der Waals surface area contributed by atoms with Crippen molar-refractivity contribution < 1.29 is 19.4 Å². The smallest absolute Gasteiger partial charge is 0.303 e. The van der Waals surface area contributed by atoms with Crippen LogP contribution in [0.2, 0.25) is 0 Å². The molecule has 0 radical (unpaired) electrons. The van der Waals surface area contributed by atoms with Crippen LogP contribution >= 0.6 is 0 Å². The molecule has 1 aliphatic carbocycles. The molecule has 1 N–H and O–H groups in total. The van der Waals surface area contributed by atoms with Crippen LogP contribution in [-0.2, 0) is 4.79 Å². The number of rotatable bonds is 12. The fourth-order valence-corrected chi connectivity index (χ4v) is 5.27. The standard InChI is InChI=1S/C33H34BNO4/c34-32(29-12-5-6-14-30(29)39-22-7-1-2-15-31(36)37)35(26-20-21-26)33(38)25-18-16-24(17-19-25)28-13-8-10-23-9-3-4-11-27(23)28/h3-6,8-14,16-19,26,32H,1-2,7,15,20-22,34H2,(H,36,37). The van der Waals surface area contributed by atoms with Crippen LogP contribution in [0.1, 0.15) is 60.4 Å². The number of amides is 1. The van der Waals surface area contributed by atoms with Gasteiger partial charge in [0, 0.05) is 29.5 Å². The van der Waals surface area contributed by atoms with E-state index in [2.05, 4.69) is 44.2 Å². The second kappa shape index (κ2) is 12.2. The first kappa shape index (κ1) is 26.5. The number of carboxylic acid groups (broad SMARTS) is 1. The lowest BCUT2D eigenvalue weighted by Crippen LogP contribution is -2.37. The minimum absolute atomic E-state index is 0.0398. The van der Waals surface area contributed by atoms with Crippen LogP contribution in [0, 0.1) is 0 Å². The number of aliphatic carboxylic acids is 1. The Bertz CT molecular complexity index is 1440. The molecule has 1 saturated carbocycles. The molecule has 6 heteroatoms. The SMILES string of the molecule is BC(c1ccccc1OCCCCCC(=O)O)N(C(=O)c1ccc(-c2cccc3ccccc23)cc1)C1CC1. The van der Waals surface area contributed by atoms with E-state index in [1.54, 1.807) is 0 Å². The fourth-order valence-electron chi connectivity index (χ4n) is 5.27. The van der Waals surface area contributed by atoms with Crippen LogP contribution in [0.15, 0.2) is 91.0 Å². The lowest BCUT2D eigenvalue weighted by Gasteiger charge is -2.31. The Balaban J connectivity index is 1.31. The van der Waals surface area contributed by atoms with Crippen molar-refractivity contribution in [2.75, 3.05) is 6.61 Å². The van der Waals surface area contributed by atoms with Crippen LogP contribution in [0.4, 0.5) is 0 Å². The first-order chi connectivity index (χ1) is 19.0. The molecule has 0 saturated heterocycles. The summed E-state index contributed by atoms with van der Waals surface area (Å²) in [5.74, 6) is -0.0694. The van der Waals surface area contributed by atoms with Crippen molar-refractivity contribution in [3.05, 3.63) is 102 Å². The summed E-state index contributed by atoms with van der Waals surface area (Å²) >= 11 is 0. The summed E-state index contributed by atoms with van der Waals surface area (Å²) in [5.41, 5.74) is 3.94. The van der Waals surface area contributed by atoms with E-state index in [4.69, 9.17) is 9.84 Å². The number of carbonyl (C=O) groups excluding carboxylic acids is 1. The normalized spacial score (nSPS) is 13.6. The summed E-state index contributed by atoms with van der Waals surface area (Å²) in [7, 11) is 2.08. The van der Waals surface area contributed by atoms with Crippen molar-refractivity contribution in [1.82, 2.24) is 4.90 Å². The van der Waals surface area contributed by atoms with Gasteiger partial charge in [-0.2, -0.15) is 0 Å². The van der Waals surface area contributed by atoms with Gasteiger partial charge in [-0.1, -0.05) is 72.8 Å². The molecule has 4 aromatic rings. The molecule has 0 aromatic heterocycles. The number of nitrogens with zero attached hydrogens (tertiary/aromatic N) is 1. The first-order valence-corrected chi connectivity index (χ1v) is 13.9. The second-order valence-corrected chi connectivity index (χ2v) is 10.3. The molecule has 198 valence electrons. The largest absolute Gasteiger partial charge is 0.493 e. The monoisotopic (exact) mass is 519 g/mol. The molecule has 1 atom stereocenters. The molecule has 1 fully saturated rings. The van der Waals surface area contributed by atoms with Crippen molar-refractivity contribution in [3.8, 4) is 16.9 Å². The number of fused-ring (bicyclic) bond motifs is 1. The van der Waals surface area contributed by atoms with Gasteiger partial charge in [-0.25, -0.2) is 0 Å². The number of ether oxygens (including phenoxy) is 1. The van der Waals surface area contributed by atoms with Gasteiger partial charge < -0.3 is 14.7 Å². The van der Waals surface area contributed by atoms with E-state index in [1.807, 2.05) is 59.5 Å². The summed E-state index contributed by atoms with van der Waals surface area (Å²) in [5, 5.41) is 11.2. The Hall–Kier alpha value is -4.06. The maximum atomic E-state index is 13.8. The van der Waals surface area contributed by atoms with Crippen LogP contribution in [0.25, 0.3) is 21.9 Å². The zero-order chi connectivity index (χ0) is 27.2. The number of hydrogen-bond acceptors (Lipinski definition) is 3. The molecule has 1 unspecified atom stereocenters. The zero-order valence-corrected chi connectivity index (χ0v) is 22.4. The van der Waals surface area contributed by atoms with Crippen LogP contribution in [0.5, 0.6) is 5.75 Å². The Morgan fingerprint density at radius 1 is 0.872 bits per heavy atom. The van der Waals surface area contributed by atoms with Gasteiger partial charge in [0.1, 0.15) is 13.6 Å². The zero-order valence-electron chi connectivity index (χ0n) is 22.4. The Morgan fingerprint density at radius 3 is 2.36 bits per heavy atom. The molecule has 0 heterocycles. The van der Waals surface area contributed by atoms with Crippen molar-refractivity contribution >= 4 is 30.5 Å². The van der Waals surface area contributed by atoms with E-state index >= 15 is 0 Å². The van der Waals surface area contributed by atoms with Crippen molar-refractivity contribution in [1.29, 1.82) is 0 Å². The first-order valence-electron chi connectivity index (χ1n) is 13.9. The number of hydrogen-bond donors (Lipinski definition) is 1. The van der Waals surface area contributed by atoms with Crippen molar-refractivity contribution in [3.63, 3.8) is 0 Å². The highest BCUT2D eigenvalue weighted by atomic mass is 16.5. The topological polar surface area (TPSA) is 66.8 Å². The molecule has 0 bridgehead atoms. The Morgan fingerprint density at radius 2 is 1.59 bits per heavy atom. The van der Waals surface area contributed by atoms with Gasteiger partial charge in [-0.3, -0.25) is 9.59 Å². The molecule has 4 aromatic carbocycles. The van der Waals surface area contributed by atoms with Crippen LogP contribution < -0.4 is 4.74 Å². The molecular weight excluding hydrogens is 485 g/mol. The number of carbonyl (C=O) groups is 2. The molecule has 0 aliphatic heterocycles. The maximum absolute atomic E-state index is 13.8. The highest BCUT2D eigenvalue weighted by Gasteiger charge is 2.37. The van der Waals surface area contributed by atoms with Crippen LogP contribution in [0.3, 0.4) is 0 Å². The molecule has 1 aliphatic rings. The van der Waals surface area contributed by atoms with Crippen molar-refractivity contribution in [2.24, 2.45) is 0 Å². The number of para-hydroxylation sites is 1. The van der Waals surface area contributed by atoms with Gasteiger partial charge in [0.25, 0.3) is 5.91 Å². The van der Waals surface area contributed by atoms with E-state index in [9.17, 15) is 9.59 Å². The Kier molecular flexibility index (Phi) is 8.31. The predicted molar refractivity (Wildman–Crippen MR) is 158 cm³/mol. The number of benzene rings is 4. The lowest BCUT2D eigenvalue weighted by atomic mass is 9.86. The predicted octanol–water partition coefficient (Wildman–Crippen LogP) is 6.47. The molecule has 0 spiro atoms. The van der Waals surface area contributed by atoms with Gasteiger partial charge in [0.15, 0.2) is 0 Å². The third-order valence-corrected chi connectivity index (χ3v) is 7.49. The average molecular weight is 519 g/mol. The molecule has 5 rings (SSSR count). The highest BCUT2D eigenvalue weighted by Crippen LogP contribution is 2.37. The van der Waals surface area contributed by atoms with E-state index in [1.165, 1.54) is 10.8 Å². The van der Waals surface area contributed by atoms with Crippen LogP contribution in [-0.4, -0.2) is 42.4 Å². The maximum Gasteiger partial charge on any atom is 0.303 e. The molecule has 39 heavy (non-hydrogen) atoms. The third-order valence-electron chi connectivity index (χ3n) is 7.49. The van der Waals surface area contributed by atoms with E-state index in [0.717, 1.165) is 48.1 Å². The number of carboxylic acids is 1. The molecule has 5 nitrogen and oxygen atoms in total. The fraction of sp³-hybridized carbons (Fsp3) is 0.273. The van der Waals surface area contributed by atoms with Gasteiger partial charge in [-0.05, 0) is 72.2 Å². The van der Waals surface area contributed by atoms with E-state index in [0.29, 0.717) is 18.6 Å². The van der Waals surface area contributed by atoms with Gasteiger partial charge >= 0.3 is 5.97 Å². The van der Waals surface area contributed by atoms with Crippen molar-refractivity contribution in [2.45, 2.75) is 50.5 Å². The Labute approximate surface area is 230 Å². The van der Waals surface area contributed by atoms with Gasteiger partial charge in [-0.15, -0.1) is 0 Å². The quantitative estimate of drug-likeness (QED) is 0.172. The summed E-state index contributed by atoms with van der Waals surface area (Å²) in [6.07, 6.45) is 4.47. The second-order valence-electron chi connectivity index (χ2n) is 10.3. The average Bonchev–Trinajstić information content (AvgIpc) is 3.80. The van der Waals surface area contributed by atoms with E-state index < -0.39 is 5.97 Å². The summed E-state index contributed by atoms with van der Waals surface area (Å²) in [6, 6.07) is 30.8. The minimum atomic E-state index is -0.761. The van der Waals surface area contributed by atoms with E-state index in [-0.39, 0.29) is 24.3 Å². The van der Waals surface area contributed by atoms with Gasteiger partial charge in [0.05, 0.1) is 6.61 Å². The lowest BCUT2D eigenvalue weighted by molar-refractivity contribution is -0.137. The minimum Gasteiger partial charge on any atom is -0.493 e.